The predicted molar refractivity (Wildman–Crippen MR) is 85.6 cm³/mol. The van der Waals surface area contributed by atoms with Crippen LogP contribution in [0.25, 0.3) is 0 Å². The summed E-state index contributed by atoms with van der Waals surface area (Å²) in [4.78, 5) is 0. The third kappa shape index (κ3) is 14.4. The molecule has 0 amide bonds. The van der Waals surface area contributed by atoms with Gasteiger partial charge in [-0.1, -0.05) is 71.1 Å². The Morgan fingerprint density at radius 3 is 1.67 bits per heavy atom. The molecular weight excluding hydrogens is 240 g/mol. The summed E-state index contributed by atoms with van der Waals surface area (Å²) in [6.45, 7) is 2.23. The van der Waals surface area contributed by atoms with Crippen molar-refractivity contribution in [2.24, 2.45) is 0 Å². The van der Waals surface area contributed by atoms with Gasteiger partial charge in [-0.3, -0.25) is 0 Å². The maximum absolute atomic E-state index is 9.81. The van der Waals surface area contributed by atoms with E-state index in [2.05, 4.69) is 19.6 Å². The highest BCUT2D eigenvalue weighted by Gasteiger charge is 2.03. The minimum Gasteiger partial charge on any atom is -0.393 e. The second kappa shape index (κ2) is 15.4. The summed E-state index contributed by atoms with van der Waals surface area (Å²) >= 11 is 4.21. The van der Waals surface area contributed by atoms with Crippen LogP contribution < -0.4 is 0 Å². The average Bonchev–Trinajstić information content (AvgIpc) is 2.38. The molecule has 0 aromatic heterocycles. The second-order valence-corrected chi connectivity index (χ2v) is 5.94. The Morgan fingerprint density at radius 1 is 0.722 bits per heavy atom. The third-order valence-electron chi connectivity index (χ3n) is 3.59. The van der Waals surface area contributed by atoms with Crippen LogP contribution in [0, 0.1) is 0 Å². The van der Waals surface area contributed by atoms with Gasteiger partial charge in [0, 0.05) is 0 Å². The number of rotatable bonds is 14. The van der Waals surface area contributed by atoms with Crippen molar-refractivity contribution in [3.63, 3.8) is 0 Å². The first-order valence-corrected chi connectivity index (χ1v) is 8.73. The standard InChI is InChI=1S/C16H34OS/c1-2-3-4-10-13-16(17)14-11-8-6-5-7-9-12-15-18/h16-18H,2-15H2,1H3. The van der Waals surface area contributed by atoms with Crippen molar-refractivity contribution in [3.8, 4) is 0 Å². The predicted octanol–water partition coefficient (Wildman–Crippen LogP) is 5.37. The molecule has 0 aliphatic heterocycles. The van der Waals surface area contributed by atoms with Gasteiger partial charge in [-0.25, -0.2) is 0 Å². The zero-order chi connectivity index (χ0) is 13.5. The van der Waals surface area contributed by atoms with Crippen molar-refractivity contribution < 1.29 is 5.11 Å². The Kier molecular flexibility index (Phi) is 15.6. The maximum Gasteiger partial charge on any atom is 0.0540 e. The van der Waals surface area contributed by atoms with Gasteiger partial charge in [0.2, 0.25) is 0 Å². The highest BCUT2D eigenvalue weighted by molar-refractivity contribution is 7.80. The molecule has 0 aromatic rings. The third-order valence-corrected chi connectivity index (χ3v) is 3.90. The van der Waals surface area contributed by atoms with E-state index in [9.17, 15) is 5.11 Å². The van der Waals surface area contributed by atoms with Crippen molar-refractivity contribution in [2.75, 3.05) is 5.75 Å². The molecule has 0 aliphatic carbocycles. The Hall–Kier alpha value is 0.310. The van der Waals surface area contributed by atoms with Gasteiger partial charge in [0.15, 0.2) is 0 Å². The van der Waals surface area contributed by atoms with Gasteiger partial charge in [-0.2, -0.15) is 12.6 Å². The lowest BCUT2D eigenvalue weighted by molar-refractivity contribution is 0.147. The van der Waals surface area contributed by atoms with Crippen molar-refractivity contribution >= 4 is 12.6 Å². The first kappa shape index (κ1) is 18.3. The molecule has 0 rings (SSSR count). The molecule has 0 spiro atoms. The molecule has 110 valence electrons. The molecule has 0 saturated carbocycles. The summed E-state index contributed by atoms with van der Waals surface area (Å²) in [5, 5.41) is 9.81. The van der Waals surface area contributed by atoms with Crippen molar-refractivity contribution in [1.82, 2.24) is 0 Å². The van der Waals surface area contributed by atoms with E-state index in [1.807, 2.05) is 0 Å². The van der Waals surface area contributed by atoms with Crippen LogP contribution in [0.2, 0.25) is 0 Å². The SMILES string of the molecule is CCCCCCC(O)CCCCCCCCCS. The number of unbranched alkanes of at least 4 members (excludes halogenated alkanes) is 9. The van der Waals surface area contributed by atoms with Crippen LogP contribution in [-0.2, 0) is 0 Å². The molecule has 1 unspecified atom stereocenters. The second-order valence-electron chi connectivity index (χ2n) is 5.49. The van der Waals surface area contributed by atoms with E-state index in [-0.39, 0.29) is 6.10 Å². The molecule has 0 aromatic carbocycles. The molecule has 2 heteroatoms. The molecule has 0 heterocycles. The van der Waals surface area contributed by atoms with Crippen molar-refractivity contribution in [2.45, 2.75) is 96.5 Å². The number of hydrogen-bond donors (Lipinski definition) is 2. The molecule has 0 radical (unpaired) electrons. The molecule has 1 atom stereocenters. The fraction of sp³-hybridized carbons (Fsp3) is 1.00. The summed E-state index contributed by atoms with van der Waals surface area (Å²) in [7, 11) is 0. The highest BCUT2D eigenvalue weighted by Crippen LogP contribution is 2.13. The summed E-state index contributed by atoms with van der Waals surface area (Å²) < 4.78 is 0. The van der Waals surface area contributed by atoms with Crippen molar-refractivity contribution in [1.29, 1.82) is 0 Å². The van der Waals surface area contributed by atoms with E-state index in [4.69, 9.17) is 0 Å². The summed E-state index contributed by atoms with van der Waals surface area (Å²) in [5.41, 5.74) is 0. The molecular formula is C16H34OS. The average molecular weight is 275 g/mol. The number of thiol groups is 1. The minimum atomic E-state index is -0.0361. The lowest BCUT2D eigenvalue weighted by Crippen LogP contribution is -2.05. The molecule has 1 nitrogen and oxygen atoms in total. The Bertz CT molecular complexity index is 150. The van der Waals surface area contributed by atoms with Crippen LogP contribution in [0.5, 0.6) is 0 Å². The van der Waals surface area contributed by atoms with E-state index in [1.165, 1.54) is 70.6 Å². The molecule has 0 fully saturated rings. The summed E-state index contributed by atoms with van der Waals surface area (Å²) in [6, 6.07) is 0. The van der Waals surface area contributed by atoms with Crippen LogP contribution >= 0.6 is 12.6 Å². The zero-order valence-corrected chi connectivity index (χ0v) is 13.3. The quantitative estimate of drug-likeness (QED) is 0.322. The fourth-order valence-corrected chi connectivity index (χ4v) is 2.55. The highest BCUT2D eigenvalue weighted by atomic mass is 32.1. The summed E-state index contributed by atoms with van der Waals surface area (Å²) in [5.74, 6) is 1.03. The van der Waals surface area contributed by atoms with Gasteiger partial charge in [-0.05, 0) is 25.0 Å². The van der Waals surface area contributed by atoms with E-state index >= 15 is 0 Å². The Labute approximate surface area is 120 Å². The number of aliphatic hydroxyl groups excluding tert-OH is 1. The molecule has 0 saturated heterocycles. The topological polar surface area (TPSA) is 20.2 Å². The van der Waals surface area contributed by atoms with Gasteiger partial charge in [0.25, 0.3) is 0 Å². The van der Waals surface area contributed by atoms with Crippen LogP contribution in [0.3, 0.4) is 0 Å². The van der Waals surface area contributed by atoms with Crippen LogP contribution in [0.15, 0.2) is 0 Å². The van der Waals surface area contributed by atoms with Crippen molar-refractivity contribution in [3.05, 3.63) is 0 Å². The smallest absolute Gasteiger partial charge is 0.0540 e. The van der Waals surface area contributed by atoms with Gasteiger partial charge >= 0.3 is 0 Å². The molecule has 0 bridgehead atoms. The number of aliphatic hydroxyl groups is 1. The van der Waals surface area contributed by atoms with Crippen LogP contribution in [-0.4, -0.2) is 17.0 Å². The largest absolute Gasteiger partial charge is 0.393 e. The van der Waals surface area contributed by atoms with Gasteiger partial charge in [-0.15, -0.1) is 0 Å². The fourth-order valence-electron chi connectivity index (χ4n) is 2.33. The van der Waals surface area contributed by atoms with Gasteiger partial charge in [0.1, 0.15) is 0 Å². The van der Waals surface area contributed by atoms with Crippen LogP contribution in [0.1, 0.15) is 90.4 Å². The minimum absolute atomic E-state index is 0.0361. The molecule has 1 N–H and O–H groups in total. The first-order valence-electron chi connectivity index (χ1n) is 8.10. The van der Waals surface area contributed by atoms with Gasteiger partial charge < -0.3 is 5.11 Å². The zero-order valence-electron chi connectivity index (χ0n) is 12.4. The molecule has 0 aliphatic rings. The van der Waals surface area contributed by atoms with Gasteiger partial charge in [0.05, 0.1) is 6.10 Å². The normalized spacial score (nSPS) is 12.8. The van der Waals surface area contributed by atoms with Crippen LogP contribution in [0.4, 0.5) is 0 Å². The lowest BCUT2D eigenvalue weighted by Gasteiger charge is -2.10. The lowest BCUT2D eigenvalue weighted by atomic mass is 10.0. The monoisotopic (exact) mass is 274 g/mol. The number of hydrogen-bond acceptors (Lipinski definition) is 2. The maximum atomic E-state index is 9.81. The van der Waals surface area contributed by atoms with E-state index < -0.39 is 0 Å². The van der Waals surface area contributed by atoms with E-state index in [0.29, 0.717) is 0 Å². The van der Waals surface area contributed by atoms with E-state index in [1.54, 1.807) is 0 Å². The molecule has 18 heavy (non-hydrogen) atoms. The first-order chi connectivity index (χ1) is 8.81. The summed E-state index contributed by atoms with van der Waals surface area (Å²) in [6.07, 6.45) is 16.3. The Balaban J connectivity index is 3.08. The van der Waals surface area contributed by atoms with E-state index in [0.717, 1.165) is 18.6 Å². The Morgan fingerprint density at radius 2 is 1.17 bits per heavy atom.